The Labute approximate surface area is 126 Å². The maximum atomic E-state index is 12.0. The average Bonchev–Trinajstić information content (AvgIpc) is 2.46. The second-order valence-electron chi connectivity index (χ2n) is 6.50. The van der Waals surface area contributed by atoms with Crippen LogP contribution in [0.4, 0.5) is 4.79 Å². The Kier molecular flexibility index (Phi) is 4.83. The van der Waals surface area contributed by atoms with Crippen LogP contribution in [0.25, 0.3) is 0 Å². The van der Waals surface area contributed by atoms with Crippen LogP contribution in [0.3, 0.4) is 0 Å². The normalized spacial score (nSPS) is 16.9. The predicted molar refractivity (Wildman–Crippen MR) is 81.9 cm³/mol. The SMILES string of the molecule is CC(C)(C)OC(=O)N1CCC(c2cccc(CN)n2)CC1. The van der Waals surface area contributed by atoms with Crippen molar-refractivity contribution in [2.24, 2.45) is 5.73 Å². The summed E-state index contributed by atoms with van der Waals surface area (Å²) in [5.74, 6) is 0.398. The van der Waals surface area contributed by atoms with Crippen molar-refractivity contribution in [3.63, 3.8) is 0 Å². The smallest absolute Gasteiger partial charge is 0.410 e. The molecule has 1 fully saturated rings. The largest absolute Gasteiger partial charge is 0.444 e. The van der Waals surface area contributed by atoms with Gasteiger partial charge in [-0.2, -0.15) is 0 Å². The van der Waals surface area contributed by atoms with Crippen molar-refractivity contribution in [3.8, 4) is 0 Å². The lowest BCUT2D eigenvalue weighted by Gasteiger charge is -2.33. The summed E-state index contributed by atoms with van der Waals surface area (Å²) in [5.41, 5.74) is 7.20. The second-order valence-corrected chi connectivity index (χ2v) is 6.50. The van der Waals surface area contributed by atoms with Crippen molar-refractivity contribution in [1.82, 2.24) is 9.88 Å². The van der Waals surface area contributed by atoms with E-state index in [2.05, 4.69) is 4.98 Å². The predicted octanol–water partition coefficient (Wildman–Crippen LogP) is 2.65. The number of amides is 1. The highest BCUT2D eigenvalue weighted by Gasteiger charge is 2.27. The van der Waals surface area contributed by atoms with Gasteiger partial charge < -0.3 is 15.4 Å². The molecule has 1 aromatic rings. The molecule has 1 aliphatic heterocycles. The van der Waals surface area contributed by atoms with Crippen LogP contribution in [0.1, 0.15) is 50.9 Å². The second kappa shape index (κ2) is 6.43. The Hall–Kier alpha value is -1.62. The number of carbonyl (C=O) groups is 1. The highest BCUT2D eigenvalue weighted by molar-refractivity contribution is 5.68. The zero-order valence-electron chi connectivity index (χ0n) is 13.1. The number of hydrogen-bond donors (Lipinski definition) is 1. The molecule has 5 heteroatoms. The van der Waals surface area contributed by atoms with Crippen LogP contribution in [-0.4, -0.2) is 34.7 Å². The summed E-state index contributed by atoms with van der Waals surface area (Å²) in [6.07, 6.45) is 1.62. The van der Waals surface area contributed by atoms with Crippen molar-refractivity contribution in [2.45, 2.75) is 51.7 Å². The minimum Gasteiger partial charge on any atom is -0.444 e. The summed E-state index contributed by atoms with van der Waals surface area (Å²) in [7, 11) is 0. The van der Waals surface area contributed by atoms with Gasteiger partial charge in [0.2, 0.25) is 0 Å². The quantitative estimate of drug-likeness (QED) is 0.909. The molecule has 0 spiro atoms. The first-order valence-electron chi connectivity index (χ1n) is 7.53. The van der Waals surface area contributed by atoms with E-state index in [9.17, 15) is 4.79 Å². The Bertz CT molecular complexity index is 489. The van der Waals surface area contributed by atoms with Gasteiger partial charge in [0.25, 0.3) is 0 Å². The van der Waals surface area contributed by atoms with Gasteiger partial charge in [0.15, 0.2) is 0 Å². The van der Waals surface area contributed by atoms with Gasteiger partial charge in [-0.25, -0.2) is 4.79 Å². The van der Waals surface area contributed by atoms with Gasteiger partial charge in [-0.1, -0.05) is 6.07 Å². The minimum absolute atomic E-state index is 0.218. The number of pyridine rings is 1. The molecule has 0 aromatic carbocycles. The molecular formula is C16H25N3O2. The van der Waals surface area contributed by atoms with E-state index in [1.807, 2.05) is 39.0 Å². The number of aromatic nitrogens is 1. The van der Waals surface area contributed by atoms with E-state index in [1.165, 1.54) is 0 Å². The lowest BCUT2D eigenvalue weighted by molar-refractivity contribution is 0.0204. The van der Waals surface area contributed by atoms with E-state index in [-0.39, 0.29) is 6.09 Å². The number of nitrogens with two attached hydrogens (primary N) is 1. The number of carbonyl (C=O) groups excluding carboxylic acids is 1. The summed E-state index contributed by atoms with van der Waals surface area (Å²) in [4.78, 5) is 18.4. The standard InChI is InChI=1S/C16H25N3O2/c1-16(2,3)21-15(20)19-9-7-12(8-10-19)14-6-4-5-13(11-17)18-14/h4-6,12H,7-11,17H2,1-3H3. The van der Waals surface area contributed by atoms with Crippen LogP contribution < -0.4 is 5.73 Å². The van der Waals surface area contributed by atoms with Gasteiger partial charge in [-0.05, 0) is 45.7 Å². The Morgan fingerprint density at radius 2 is 2.05 bits per heavy atom. The fourth-order valence-electron chi connectivity index (χ4n) is 2.52. The topological polar surface area (TPSA) is 68.5 Å². The first-order chi connectivity index (χ1) is 9.89. The van der Waals surface area contributed by atoms with Gasteiger partial charge in [-0.3, -0.25) is 4.98 Å². The van der Waals surface area contributed by atoms with Gasteiger partial charge in [-0.15, -0.1) is 0 Å². The highest BCUT2D eigenvalue weighted by atomic mass is 16.6. The highest BCUT2D eigenvalue weighted by Crippen LogP contribution is 2.27. The van der Waals surface area contributed by atoms with Crippen molar-refractivity contribution in [3.05, 3.63) is 29.6 Å². The molecule has 1 amide bonds. The number of hydrogen-bond acceptors (Lipinski definition) is 4. The molecular weight excluding hydrogens is 266 g/mol. The van der Waals surface area contributed by atoms with Gasteiger partial charge >= 0.3 is 6.09 Å². The van der Waals surface area contributed by atoms with Gasteiger partial charge in [0.1, 0.15) is 5.60 Å². The van der Waals surface area contributed by atoms with Crippen LogP contribution >= 0.6 is 0 Å². The average molecular weight is 291 g/mol. The fourth-order valence-corrected chi connectivity index (χ4v) is 2.52. The van der Waals surface area contributed by atoms with E-state index in [0.29, 0.717) is 25.6 Å². The van der Waals surface area contributed by atoms with Crippen LogP contribution in [-0.2, 0) is 11.3 Å². The molecule has 0 bridgehead atoms. The molecule has 0 saturated carbocycles. The Morgan fingerprint density at radius 1 is 1.38 bits per heavy atom. The third-order valence-electron chi connectivity index (χ3n) is 3.60. The van der Waals surface area contributed by atoms with Crippen LogP contribution in [0.15, 0.2) is 18.2 Å². The number of piperidine rings is 1. The fraction of sp³-hybridized carbons (Fsp3) is 0.625. The molecule has 0 atom stereocenters. The first-order valence-corrected chi connectivity index (χ1v) is 7.53. The zero-order chi connectivity index (χ0) is 15.5. The molecule has 0 radical (unpaired) electrons. The molecule has 1 saturated heterocycles. The molecule has 21 heavy (non-hydrogen) atoms. The Balaban J connectivity index is 1.92. The lowest BCUT2D eigenvalue weighted by Crippen LogP contribution is -2.41. The van der Waals surface area contributed by atoms with Crippen LogP contribution in [0.2, 0.25) is 0 Å². The molecule has 0 unspecified atom stereocenters. The third-order valence-corrected chi connectivity index (χ3v) is 3.60. The summed E-state index contributed by atoms with van der Waals surface area (Å²) in [6, 6.07) is 6.00. The third kappa shape index (κ3) is 4.43. The Morgan fingerprint density at radius 3 is 2.62 bits per heavy atom. The molecule has 2 heterocycles. The van der Waals surface area contributed by atoms with Crippen molar-refractivity contribution < 1.29 is 9.53 Å². The summed E-state index contributed by atoms with van der Waals surface area (Å²) in [5, 5.41) is 0. The molecule has 2 N–H and O–H groups in total. The number of nitrogens with zero attached hydrogens (tertiary/aromatic N) is 2. The van der Waals surface area contributed by atoms with Crippen LogP contribution in [0, 0.1) is 0 Å². The molecule has 0 aliphatic carbocycles. The molecule has 5 nitrogen and oxygen atoms in total. The monoisotopic (exact) mass is 291 g/mol. The molecule has 116 valence electrons. The first kappa shape index (κ1) is 15.8. The summed E-state index contributed by atoms with van der Waals surface area (Å²) in [6.45, 7) is 7.56. The van der Waals surface area contributed by atoms with E-state index >= 15 is 0 Å². The van der Waals surface area contributed by atoms with Crippen LogP contribution in [0.5, 0.6) is 0 Å². The van der Waals surface area contributed by atoms with Gasteiger partial charge in [0.05, 0.1) is 5.69 Å². The maximum absolute atomic E-state index is 12.0. The van der Waals surface area contributed by atoms with Crippen molar-refractivity contribution >= 4 is 6.09 Å². The summed E-state index contributed by atoms with van der Waals surface area (Å²) < 4.78 is 5.41. The maximum Gasteiger partial charge on any atom is 0.410 e. The van der Waals surface area contributed by atoms with E-state index in [4.69, 9.17) is 10.5 Å². The zero-order valence-corrected chi connectivity index (χ0v) is 13.1. The van der Waals surface area contributed by atoms with E-state index < -0.39 is 5.60 Å². The molecule has 2 rings (SSSR count). The van der Waals surface area contributed by atoms with Crippen molar-refractivity contribution in [1.29, 1.82) is 0 Å². The number of rotatable bonds is 2. The van der Waals surface area contributed by atoms with Gasteiger partial charge in [0, 0.05) is 31.2 Å². The van der Waals surface area contributed by atoms with E-state index in [0.717, 1.165) is 24.2 Å². The molecule has 1 aliphatic rings. The van der Waals surface area contributed by atoms with E-state index in [1.54, 1.807) is 4.90 Å². The summed E-state index contributed by atoms with van der Waals surface area (Å²) >= 11 is 0. The number of ether oxygens (including phenoxy) is 1. The molecule has 1 aromatic heterocycles. The van der Waals surface area contributed by atoms with Crippen molar-refractivity contribution in [2.75, 3.05) is 13.1 Å². The number of likely N-dealkylation sites (tertiary alicyclic amines) is 1. The lowest BCUT2D eigenvalue weighted by atomic mass is 9.93. The minimum atomic E-state index is -0.440.